The molecule has 0 saturated carbocycles. The van der Waals surface area contributed by atoms with Gasteiger partial charge < -0.3 is 55.7 Å². The Morgan fingerprint density at radius 2 is 1.07 bits per heavy atom. The highest BCUT2D eigenvalue weighted by Crippen LogP contribution is 2.30. The van der Waals surface area contributed by atoms with Crippen molar-refractivity contribution in [1.82, 2.24) is 49.9 Å². The lowest BCUT2D eigenvalue weighted by molar-refractivity contribution is 0.122. The lowest BCUT2D eigenvalue weighted by Gasteiger charge is -2.34. The van der Waals surface area contributed by atoms with E-state index in [4.69, 9.17) is 20.9 Å². The van der Waals surface area contributed by atoms with Crippen molar-refractivity contribution in [2.75, 3.05) is 163 Å². The van der Waals surface area contributed by atoms with E-state index in [9.17, 15) is 0 Å². The van der Waals surface area contributed by atoms with Crippen LogP contribution in [0.15, 0.2) is 120 Å². The highest BCUT2D eigenvalue weighted by atomic mass is 32.1. The molecule has 5 aliphatic rings. The van der Waals surface area contributed by atoms with Gasteiger partial charge in [0.1, 0.15) is 28.5 Å². The number of piperidine rings is 3. The van der Waals surface area contributed by atoms with Gasteiger partial charge in [0.25, 0.3) is 0 Å². The predicted molar refractivity (Wildman–Crippen MR) is 352 cm³/mol. The Bertz CT molecular complexity index is 2450. The van der Waals surface area contributed by atoms with Gasteiger partial charge in [0.05, 0.1) is 31.2 Å². The molecule has 5 aliphatic heterocycles. The standard InChI is InChI=1S/C11H15N.C10H14N2.C10H13NO.C8H17NO.C6H13N.C5H9N5.C4H6N4.C4H4S.C3H4N2S.CH4/c1-3-7-11(8-4-1)12-9-5-2-6-10-12;1-11-7-8-12(2)10-6-4-3-5-9(10)11;1-2-4-10(5-3-1)11-6-8-12-9-7-11;1-10-8-7-9-5-3-2-4-6-9;1-7-5-3-2-4-6-7;1-3-8-4(6)10-5(7-2)9-3;1-3-6-2-7-4(5)8-3;1-2-4-5-3-1;1-3-5-4-2-6-3;/h1,3-4,7-8H,2,5-6,9-10H2;3-6H,7-8H2,1-2H3;1-5H,6-9H2;2-8H2,1H3;2-6H2,1H3;1-2H3,(H3,6,7,8,9,10);2H,1H3,(H2,5,6,7,8);1-4H;2H,1H3;1H4. The van der Waals surface area contributed by atoms with E-state index in [1.165, 1.54) is 126 Å². The molecule has 0 amide bonds. The number of hydrogen-bond donors (Lipinski definition) is 3. The quantitative estimate of drug-likeness (QED) is 0.142. The number of benzene rings is 3. The summed E-state index contributed by atoms with van der Waals surface area (Å²) in [4.78, 5) is 36.9. The molecule has 456 valence electrons. The van der Waals surface area contributed by atoms with Crippen LogP contribution in [0.25, 0.3) is 0 Å². The summed E-state index contributed by atoms with van der Waals surface area (Å²) in [6.45, 7) is 21.1. The summed E-state index contributed by atoms with van der Waals surface area (Å²) in [6, 6.07) is 33.8. The Balaban J connectivity index is 0.000000247. The van der Waals surface area contributed by atoms with E-state index in [-0.39, 0.29) is 19.3 Å². The first-order valence-corrected chi connectivity index (χ1v) is 30.6. The molecule has 7 aromatic rings. The van der Waals surface area contributed by atoms with Gasteiger partial charge in [-0.3, -0.25) is 0 Å². The van der Waals surface area contributed by atoms with Crippen molar-refractivity contribution in [3.63, 3.8) is 0 Å². The number of nitrogens with two attached hydrogens (primary N) is 2. The summed E-state index contributed by atoms with van der Waals surface area (Å²) < 4.78 is 10.3. The molecule has 12 rings (SSSR count). The topological polar surface area (TPSA) is 205 Å². The zero-order chi connectivity index (χ0) is 58.8. The fourth-order valence-electron chi connectivity index (χ4n) is 8.82. The Morgan fingerprint density at radius 3 is 1.47 bits per heavy atom. The van der Waals surface area contributed by atoms with E-state index >= 15 is 0 Å². The predicted octanol–water partition coefficient (Wildman–Crippen LogP) is 10.8. The fraction of sp³-hybridized carbons (Fsp3) is 0.516. The number of anilines is 7. The molecule has 0 bridgehead atoms. The molecule has 4 saturated heterocycles. The zero-order valence-corrected chi connectivity index (χ0v) is 52.0. The van der Waals surface area contributed by atoms with Gasteiger partial charge in [-0.1, -0.05) is 80.9 Å². The minimum Gasteiger partial charge on any atom is -0.383 e. The molecule has 19 nitrogen and oxygen atoms in total. The summed E-state index contributed by atoms with van der Waals surface area (Å²) in [6.07, 6.45) is 14.0. The number of likely N-dealkylation sites (tertiary alicyclic amines) is 2. The number of para-hydroxylation sites is 4. The van der Waals surface area contributed by atoms with Gasteiger partial charge >= 0.3 is 0 Å². The lowest BCUT2D eigenvalue weighted by atomic mass is 10.1. The van der Waals surface area contributed by atoms with Gasteiger partial charge in [-0.15, -0.1) is 21.5 Å². The van der Waals surface area contributed by atoms with Crippen LogP contribution in [0.2, 0.25) is 0 Å². The Hall–Kier alpha value is -6.62. The molecular formula is C62H99N17O2S2. The minimum atomic E-state index is 0. The van der Waals surface area contributed by atoms with Gasteiger partial charge in [-0.25, -0.2) is 9.97 Å². The zero-order valence-electron chi connectivity index (χ0n) is 50.4. The first-order chi connectivity index (χ1) is 39.9. The monoisotopic (exact) mass is 1180 g/mol. The summed E-state index contributed by atoms with van der Waals surface area (Å²) in [5, 5.41) is 15.1. The van der Waals surface area contributed by atoms with Crippen LogP contribution in [-0.2, 0) is 9.47 Å². The molecule has 4 fully saturated rings. The Labute approximate surface area is 505 Å². The molecular weight excluding hydrogens is 1080 g/mol. The third-order valence-corrected chi connectivity index (χ3v) is 14.6. The molecule has 0 spiro atoms. The third kappa shape index (κ3) is 31.6. The van der Waals surface area contributed by atoms with Gasteiger partial charge in [-0.2, -0.15) is 31.3 Å². The second-order valence-corrected chi connectivity index (χ2v) is 21.7. The van der Waals surface area contributed by atoms with Crippen LogP contribution in [0.3, 0.4) is 0 Å². The van der Waals surface area contributed by atoms with Crippen LogP contribution in [0.1, 0.15) is 81.9 Å². The summed E-state index contributed by atoms with van der Waals surface area (Å²) in [5.74, 6) is 2.30. The van der Waals surface area contributed by atoms with Crippen molar-refractivity contribution in [3.05, 3.63) is 136 Å². The molecule has 0 atom stereocenters. The number of likely N-dealkylation sites (N-methyl/N-ethyl adjacent to an activating group) is 2. The van der Waals surface area contributed by atoms with Crippen molar-refractivity contribution in [2.45, 2.75) is 86.0 Å². The second kappa shape index (κ2) is 44.0. The van der Waals surface area contributed by atoms with E-state index in [0.717, 1.165) is 57.6 Å². The van der Waals surface area contributed by atoms with Crippen molar-refractivity contribution in [3.8, 4) is 0 Å². The number of aromatic nitrogens is 8. The van der Waals surface area contributed by atoms with Crippen LogP contribution < -0.4 is 36.4 Å². The van der Waals surface area contributed by atoms with Crippen molar-refractivity contribution in [1.29, 1.82) is 0 Å². The SMILES string of the molecule is C.CN1CCCCC1.CN1CCN(C)c2ccccc21.CNc1nc(C)nc(N)n1.COCCN1CCCCC1.Cc1ncnc(N)n1.Cc1nncs1.c1ccc(N2CCCCC2)cc1.c1ccc(N2CCOCC2)cc1.c1ccsc1. The number of nitrogen functional groups attached to an aromatic ring is 2. The molecule has 0 radical (unpaired) electrons. The number of fused-ring (bicyclic) bond motifs is 1. The molecule has 5 N–H and O–H groups in total. The van der Waals surface area contributed by atoms with E-state index in [1.807, 2.05) is 35.9 Å². The van der Waals surface area contributed by atoms with Crippen LogP contribution in [0, 0.1) is 20.8 Å². The van der Waals surface area contributed by atoms with Crippen molar-refractivity contribution >= 4 is 63.3 Å². The number of aryl methyl sites for hydroxylation is 3. The minimum absolute atomic E-state index is 0. The second-order valence-electron chi connectivity index (χ2n) is 19.9. The highest BCUT2D eigenvalue weighted by Gasteiger charge is 2.16. The molecule has 3 aromatic carbocycles. The van der Waals surface area contributed by atoms with Crippen LogP contribution >= 0.6 is 22.7 Å². The maximum Gasteiger partial charge on any atom is 0.227 e. The number of ether oxygens (including phenoxy) is 2. The van der Waals surface area contributed by atoms with E-state index in [2.05, 4.69) is 175 Å². The number of thiophene rings is 1. The smallest absolute Gasteiger partial charge is 0.227 e. The van der Waals surface area contributed by atoms with Gasteiger partial charge in [-0.05, 0) is 146 Å². The molecule has 83 heavy (non-hydrogen) atoms. The number of morpholine rings is 1. The number of hydrogen-bond acceptors (Lipinski definition) is 21. The van der Waals surface area contributed by atoms with Crippen LogP contribution in [-0.4, -0.2) is 177 Å². The average Bonchev–Trinajstić information content (AvgIpc) is 4.38. The molecule has 21 heteroatoms. The normalized spacial score (nSPS) is 15.3. The van der Waals surface area contributed by atoms with E-state index in [1.54, 1.807) is 56.2 Å². The third-order valence-electron chi connectivity index (χ3n) is 13.3. The Morgan fingerprint density at radius 1 is 0.566 bits per heavy atom. The molecule has 0 unspecified atom stereocenters. The van der Waals surface area contributed by atoms with Crippen molar-refractivity contribution < 1.29 is 9.47 Å². The Kier molecular flexibility index (Phi) is 37.4. The number of nitrogens with one attached hydrogen (secondary N) is 1. The summed E-state index contributed by atoms with van der Waals surface area (Å²) in [7, 11) is 9.98. The van der Waals surface area contributed by atoms with E-state index in [0.29, 0.717) is 17.6 Å². The highest BCUT2D eigenvalue weighted by molar-refractivity contribution is 7.09. The maximum atomic E-state index is 5.33. The number of nitrogens with zero attached hydrogens (tertiary/aromatic N) is 14. The summed E-state index contributed by atoms with van der Waals surface area (Å²) >= 11 is 3.27. The lowest BCUT2D eigenvalue weighted by Crippen LogP contribution is -2.36. The summed E-state index contributed by atoms with van der Waals surface area (Å²) in [5.41, 5.74) is 17.6. The fourth-order valence-corrected chi connectivity index (χ4v) is 9.62. The van der Waals surface area contributed by atoms with Gasteiger partial charge in [0.15, 0.2) is 0 Å². The largest absolute Gasteiger partial charge is 0.383 e. The molecule has 4 aromatic heterocycles. The van der Waals surface area contributed by atoms with Crippen LogP contribution in [0.4, 0.5) is 40.6 Å². The first-order valence-electron chi connectivity index (χ1n) is 28.8. The van der Waals surface area contributed by atoms with Crippen molar-refractivity contribution in [2.24, 2.45) is 0 Å². The van der Waals surface area contributed by atoms with Gasteiger partial charge in [0.2, 0.25) is 17.8 Å². The van der Waals surface area contributed by atoms with E-state index < -0.39 is 0 Å². The number of methoxy groups -OCH3 is 1. The first kappa shape index (κ1) is 70.6. The van der Waals surface area contributed by atoms with Crippen LogP contribution in [0.5, 0.6) is 0 Å². The molecule has 9 heterocycles. The average molecular weight is 1180 g/mol. The molecule has 0 aliphatic carbocycles. The van der Waals surface area contributed by atoms with Gasteiger partial charge in [0, 0.05) is 85.4 Å². The number of rotatable bonds is 6. The maximum absolute atomic E-state index is 5.33.